The molecule has 2 heterocycles. The highest BCUT2D eigenvalue weighted by Gasteiger charge is 2.37. The van der Waals surface area contributed by atoms with Gasteiger partial charge in [0.05, 0.1) is 32.8 Å². The fourth-order valence-corrected chi connectivity index (χ4v) is 3.94. The number of esters is 1. The summed E-state index contributed by atoms with van der Waals surface area (Å²) in [5, 5.41) is 7.51. The number of carbonyl (C=O) groups excluding carboxylic acids is 2. The molecule has 164 valence electrons. The summed E-state index contributed by atoms with van der Waals surface area (Å²) in [5.74, 6) is 0.441. The van der Waals surface area contributed by atoms with E-state index in [4.69, 9.17) is 20.6 Å². The number of hydrogen-bond donors (Lipinski definition) is 2. The molecule has 0 unspecified atom stereocenters. The molecule has 9 heteroatoms. The Morgan fingerprint density at radius 2 is 1.83 bits per heavy atom. The van der Waals surface area contributed by atoms with Gasteiger partial charge < -0.3 is 25.0 Å². The van der Waals surface area contributed by atoms with Crippen molar-refractivity contribution >= 4 is 35.7 Å². The second-order valence-electron chi connectivity index (χ2n) is 7.33. The van der Waals surface area contributed by atoms with Crippen LogP contribution in [0.1, 0.15) is 30.4 Å². The number of nitrogens with one attached hydrogen (secondary N) is 1. The number of nitrogens with two attached hydrogens (primary N) is 1. The monoisotopic (exact) mass is 436 g/mol. The normalized spacial score (nSPS) is 17.7. The lowest BCUT2D eigenvalue weighted by Crippen LogP contribution is -2.46. The molecule has 2 aliphatic rings. The van der Waals surface area contributed by atoms with Crippen molar-refractivity contribution in [2.45, 2.75) is 25.3 Å². The van der Waals surface area contributed by atoms with Crippen LogP contribution >= 0.6 is 12.4 Å². The van der Waals surface area contributed by atoms with E-state index < -0.39 is 0 Å². The van der Waals surface area contributed by atoms with Crippen LogP contribution in [-0.4, -0.2) is 74.0 Å². The van der Waals surface area contributed by atoms with Gasteiger partial charge in [0.25, 0.3) is 5.91 Å². The van der Waals surface area contributed by atoms with Crippen molar-refractivity contribution in [2.75, 3.05) is 40.4 Å². The quantitative estimate of drug-likeness (QED) is 0.382. The Balaban J connectivity index is 0.00000320. The van der Waals surface area contributed by atoms with Crippen LogP contribution < -0.4 is 5.73 Å². The van der Waals surface area contributed by atoms with E-state index in [1.54, 1.807) is 19.2 Å². The van der Waals surface area contributed by atoms with Gasteiger partial charge in [-0.3, -0.25) is 15.0 Å². The predicted octanol–water partition coefficient (Wildman–Crippen LogP) is 1.62. The molecule has 0 atom stereocenters. The highest BCUT2D eigenvalue weighted by molar-refractivity contribution is 6.22. The number of hydrogen-bond acceptors (Lipinski definition) is 6. The summed E-state index contributed by atoms with van der Waals surface area (Å²) in [6.07, 6.45) is 2.11. The van der Waals surface area contributed by atoms with Crippen molar-refractivity contribution in [3.63, 3.8) is 0 Å². The van der Waals surface area contributed by atoms with Crippen molar-refractivity contribution in [3.8, 4) is 0 Å². The van der Waals surface area contributed by atoms with Gasteiger partial charge in [-0.15, -0.1) is 12.4 Å². The molecule has 0 saturated carbocycles. The van der Waals surface area contributed by atoms with Gasteiger partial charge in [0.15, 0.2) is 0 Å². The number of ether oxygens (including phenoxy) is 2. The summed E-state index contributed by atoms with van der Waals surface area (Å²) in [7, 11) is 2.99. The number of rotatable bonds is 7. The highest BCUT2D eigenvalue weighted by Crippen LogP contribution is 2.32. The van der Waals surface area contributed by atoms with E-state index in [1.807, 2.05) is 17.0 Å². The van der Waals surface area contributed by atoms with Crippen LogP contribution in [0.2, 0.25) is 0 Å². The van der Waals surface area contributed by atoms with Crippen molar-refractivity contribution < 1.29 is 19.1 Å². The van der Waals surface area contributed by atoms with Crippen LogP contribution in [0.3, 0.4) is 0 Å². The Labute approximate surface area is 182 Å². The van der Waals surface area contributed by atoms with Crippen LogP contribution in [0.4, 0.5) is 0 Å². The lowest BCUT2D eigenvalue weighted by molar-refractivity contribution is -0.141. The average molecular weight is 437 g/mol. The largest absolute Gasteiger partial charge is 0.498 e. The summed E-state index contributed by atoms with van der Waals surface area (Å²) in [5.41, 5.74) is 7.49. The standard InChI is InChI=1S/C21H28N4O4.ClH/c1-28-17-13-25(16-7-10-24(11-8-16)12-9-18(26)29-2)21(27)19(17)14-3-5-15(6-4-14)20(22)23;/h3-6,16H,7-13H2,1-2H3,(H3,22,23);1H. The van der Waals surface area contributed by atoms with Crippen LogP contribution in [-0.2, 0) is 19.1 Å². The first-order chi connectivity index (χ1) is 13.9. The Morgan fingerprint density at radius 3 is 2.37 bits per heavy atom. The van der Waals surface area contributed by atoms with E-state index >= 15 is 0 Å². The lowest BCUT2D eigenvalue weighted by atomic mass is 10.0. The molecule has 0 aromatic heterocycles. The molecule has 1 fully saturated rings. The SMILES string of the molecule is COC(=O)CCN1CCC(N2CC(OC)=C(c3ccc(C(=N)N)cc3)C2=O)CC1.Cl. The predicted molar refractivity (Wildman–Crippen MR) is 116 cm³/mol. The Kier molecular flexibility index (Phi) is 8.25. The van der Waals surface area contributed by atoms with Gasteiger partial charge in [-0.2, -0.15) is 0 Å². The number of benzene rings is 1. The number of nitrogens with zero attached hydrogens (tertiary/aromatic N) is 2. The third kappa shape index (κ3) is 5.12. The number of amidine groups is 1. The van der Waals surface area contributed by atoms with Crippen LogP contribution in [0, 0.1) is 5.41 Å². The zero-order chi connectivity index (χ0) is 21.0. The molecule has 1 amide bonds. The zero-order valence-electron chi connectivity index (χ0n) is 17.3. The molecule has 2 aliphatic heterocycles. The molecule has 3 rings (SSSR count). The van der Waals surface area contributed by atoms with Crippen molar-refractivity contribution in [1.29, 1.82) is 5.41 Å². The summed E-state index contributed by atoms with van der Waals surface area (Å²) < 4.78 is 10.2. The number of piperidine rings is 1. The van der Waals surface area contributed by atoms with E-state index in [-0.39, 0.29) is 36.2 Å². The first kappa shape index (κ1) is 23.7. The summed E-state index contributed by atoms with van der Waals surface area (Å²) in [6, 6.07) is 7.25. The third-order valence-corrected chi connectivity index (χ3v) is 5.66. The topological polar surface area (TPSA) is 109 Å². The van der Waals surface area contributed by atoms with Crippen LogP contribution in [0.15, 0.2) is 30.0 Å². The minimum Gasteiger partial charge on any atom is -0.498 e. The third-order valence-electron chi connectivity index (χ3n) is 5.66. The van der Waals surface area contributed by atoms with Crippen molar-refractivity contribution in [3.05, 3.63) is 41.2 Å². The van der Waals surface area contributed by atoms with Crippen LogP contribution in [0.25, 0.3) is 5.57 Å². The van der Waals surface area contributed by atoms with Crippen molar-refractivity contribution in [1.82, 2.24) is 9.80 Å². The molecule has 1 aromatic carbocycles. The number of methoxy groups -OCH3 is 2. The first-order valence-electron chi connectivity index (χ1n) is 9.76. The maximum atomic E-state index is 13.2. The minimum absolute atomic E-state index is 0. The zero-order valence-corrected chi connectivity index (χ0v) is 18.2. The molecule has 0 spiro atoms. The van der Waals surface area contributed by atoms with E-state index in [2.05, 4.69) is 4.90 Å². The van der Waals surface area contributed by atoms with E-state index in [0.29, 0.717) is 36.4 Å². The minimum atomic E-state index is -0.198. The molecule has 1 saturated heterocycles. The molecular weight excluding hydrogens is 408 g/mol. The molecule has 0 radical (unpaired) electrons. The van der Waals surface area contributed by atoms with Crippen LogP contribution in [0.5, 0.6) is 0 Å². The maximum absolute atomic E-state index is 13.2. The molecule has 0 bridgehead atoms. The van der Waals surface area contributed by atoms with E-state index in [1.165, 1.54) is 7.11 Å². The van der Waals surface area contributed by atoms with Gasteiger partial charge in [-0.05, 0) is 18.4 Å². The number of amides is 1. The Morgan fingerprint density at radius 1 is 1.20 bits per heavy atom. The van der Waals surface area contributed by atoms with Gasteiger partial charge in [0, 0.05) is 31.2 Å². The van der Waals surface area contributed by atoms with Gasteiger partial charge >= 0.3 is 5.97 Å². The Hall–Kier alpha value is -2.58. The number of likely N-dealkylation sites (tertiary alicyclic amines) is 1. The molecular formula is C21H29ClN4O4. The fraction of sp³-hybridized carbons (Fsp3) is 0.476. The van der Waals surface area contributed by atoms with Gasteiger partial charge in [0.2, 0.25) is 0 Å². The smallest absolute Gasteiger partial charge is 0.306 e. The van der Waals surface area contributed by atoms with Gasteiger partial charge in [-0.25, -0.2) is 0 Å². The van der Waals surface area contributed by atoms with E-state index in [0.717, 1.165) is 31.5 Å². The second-order valence-corrected chi connectivity index (χ2v) is 7.33. The second kappa shape index (κ2) is 10.4. The molecule has 3 N–H and O–H groups in total. The van der Waals surface area contributed by atoms with Crippen molar-refractivity contribution in [2.24, 2.45) is 5.73 Å². The van der Waals surface area contributed by atoms with Gasteiger partial charge in [-0.1, -0.05) is 24.3 Å². The molecule has 30 heavy (non-hydrogen) atoms. The summed E-state index contributed by atoms with van der Waals surface area (Å²) in [6.45, 7) is 2.83. The molecule has 0 aliphatic carbocycles. The lowest BCUT2D eigenvalue weighted by Gasteiger charge is -2.36. The van der Waals surface area contributed by atoms with E-state index in [9.17, 15) is 9.59 Å². The average Bonchev–Trinajstić information content (AvgIpc) is 3.08. The fourth-order valence-electron chi connectivity index (χ4n) is 3.94. The Bertz CT molecular complexity index is 817. The molecule has 8 nitrogen and oxygen atoms in total. The summed E-state index contributed by atoms with van der Waals surface area (Å²) in [4.78, 5) is 28.6. The highest BCUT2D eigenvalue weighted by atomic mass is 35.5. The summed E-state index contributed by atoms with van der Waals surface area (Å²) >= 11 is 0. The number of nitrogen functional groups attached to an aromatic ring is 1. The number of halogens is 1. The van der Waals surface area contributed by atoms with Gasteiger partial charge in [0.1, 0.15) is 11.6 Å². The first-order valence-corrected chi connectivity index (χ1v) is 9.76. The number of carbonyl (C=O) groups is 2. The maximum Gasteiger partial charge on any atom is 0.306 e. The molecule has 1 aromatic rings.